The Bertz CT molecular complexity index is 1100. The first kappa shape index (κ1) is 19.4. The van der Waals surface area contributed by atoms with Crippen LogP contribution < -0.4 is 10.4 Å². The fraction of sp³-hybridized carbons (Fsp3) is 0.350. The highest BCUT2D eigenvalue weighted by Gasteiger charge is 2.12. The van der Waals surface area contributed by atoms with Gasteiger partial charge in [-0.3, -0.25) is 4.57 Å². The van der Waals surface area contributed by atoms with Crippen molar-refractivity contribution in [2.75, 3.05) is 12.3 Å². The molecule has 3 aromatic rings. The highest BCUT2D eigenvalue weighted by molar-refractivity contribution is 7.89. The Balaban J connectivity index is 1.77. The lowest BCUT2D eigenvalue weighted by Crippen LogP contribution is -2.29. The molecule has 0 amide bonds. The van der Waals surface area contributed by atoms with E-state index in [4.69, 9.17) is 0 Å². The fourth-order valence-corrected chi connectivity index (χ4v) is 4.30. The lowest BCUT2D eigenvalue weighted by Gasteiger charge is -2.14. The maximum Gasteiger partial charge on any atom is 0.326 e. The first-order chi connectivity index (χ1) is 12.8. The second-order valence-corrected chi connectivity index (χ2v) is 8.84. The Morgan fingerprint density at radius 2 is 1.78 bits per heavy atom. The summed E-state index contributed by atoms with van der Waals surface area (Å²) in [6.07, 6.45) is 0.607. The van der Waals surface area contributed by atoms with Gasteiger partial charge in [-0.1, -0.05) is 44.2 Å². The van der Waals surface area contributed by atoms with E-state index in [0.29, 0.717) is 13.0 Å². The molecule has 0 spiro atoms. The number of rotatable bonds is 7. The number of hydrogen-bond acceptors (Lipinski definition) is 3. The maximum absolute atomic E-state index is 11.8. The third-order valence-corrected chi connectivity index (χ3v) is 6.35. The van der Waals surface area contributed by atoms with Crippen molar-refractivity contribution in [1.29, 1.82) is 0 Å². The van der Waals surface area contributed by atoms with Gasteiger partial charge < -0.3 is 4.98 Å². The molecule has 0 radical (unpaired) electrons. The van der Waals surface area contributed by atoms with Crippen LogP contribution in [0.5, 0.6) is 0 Å². The highest BCUT2D eigenvalue weighted by Crippen LogP contribution is 2.25. The number of aromatic nitrogens is 2. The van der Waals surface area contributed by atoms with E-state index in [-0.39, 0.29) is 17.4 Å². The monoisotopic (exact) mass is 387 g/mol. The quantitative estimate of drug-likeness (QED) is 0.654. The lowest BCUT2D eigenvalue weighted by atomic mass is 9.97. The Kier molecular flexibility index (Phi) is 5.53. The van der Waals surface area contributed by atoms with Crippen LogP contribution in [0.2, 0.25) is 0 Å². The number of aromatic amines is 1. The van der Waals surface area contributed by atoms with Gasteiger partial charge in [0.25, 0.3) is 0 Å². The number of aryl methyl sites for hydroxylation is 1. The average molecular weight is 388 g/mol. The van der Waals surface area contributed by atoms with E-state index in [1.54, 1.807) is 11.6 Å². The molecule has 6 nitrogen and oxygen atoms in total. The predicted molar refractivity (Wildman–Crippen MR) is 109 cm³/mol. The number of sulfonamides is 1. The molecule has 144 valence electrons. The Hall–Kier alpha value is -2.38. The van der Waals surface area contributed by atoms with Gasteiger partial charge in [-0.05, 0) is 41.2 Å². The van der Waals surface area contributed by atoms with E-state index < -0.39 is 10.0 Å². The van der Waals surface area contributed by atoms with Crippen molar-refractivity contribution >= 4 is 21.1 Å². The molecule has 1 heterocycles. The van der Waals surface area contributed by atoms with Crippen molar-refractivity contribution < 1.29 is 8.42 Å². The van der Waals surface area contributed by atoms with Gasteiger partial charge in [-0.25, -0.2) is 17.9 Å². The molecule has 2 aromatic carbocycles. The standard InChI is InChI=1S/C20H25N3O3S/c1-4-11-27(25,26)21-13-14(2)15-5-7-16(8-6-15)17-9-10-18-19(12-17)23(3)20(24)22-18/h5-10,12,14,21H,4,11,13H2,1-3H3,(H,22,24). The van der Waals surface area contributed by atoms with Gasteiger partial charge in [0, 0.05) is 13.6 Å². The summed E-state index contributed by atoms with van der Waals surface area (Å²) >= 11 is 0. The molecule has 0 aliphatic heterocycles. The van der Waals surface area contributed by atoms with E-state index in [1.165, 1.54) is 0 Å². The molecule has 0 aliphatic carbocycles. The second kappa shape index (κ2) is 7.70. The van der Waals surface area contributed by atoms with Crippen LogP contribution in [-0.4, -0.2) is 30.3 Å². The zero-order valence-corrected chi connectivity index (χ0v) is 16.6. The minimum absolute atomic E-state index is 0.0821. The molecule has 0 saturated heterocycles. The second-order valence-electron chi connectivity index (χ2n) is 6.91. The summed E-state index contributed by atoms with van der Waals surface area (Å²) in [6, 6.07) is 14.0. The molecule has 1 unspecified atom stereocenters. The van der Waals surface area contributed by atoms with Gasteiger partial charge >= 0.3 is 5.69 Å². The van der Waals surface area contributed by atoms with Crippen molar-refractivity contribution in [3.8, 4) is 11.1 Å². The molecular weight excluding hydrogens is 362 g/mol. The summed E-state index contributed by atoms with van der Waals surface area (Å²) in [7, 11) is -1.44. The Labute approximate surface area is 159 Å². The largest absolute Gasteiger partial charge is 0.326 e. The highest BCUT2D eigenvalue weighted by atomic mass is 32.2. The summed E-state index contributed by atoms with van der Waals surface area (Å²) < 4.78 is 27.9. The van der Waals surface area contributed by atoms with Crippen molar-refractivity contribution in [3.63, 3.8) is 0 Å². The van der Waals surface area contributed by atoms with Crippen LogP contribution >= 0.6 is 0 Å². The lowest BCUT2D eigenvalue weighted by molar-refractivity contribution is 0.573. The van der Waals surface area contributed by atoms with E-state index in [9.17, 15) is 13.2 Å². The summed E-state index contributed by atoms with van der Waals surface area (Å²) in [5, 5.41) is 0. The van der Waals surface area contributed by atoms with Crippen LogP contribution in [0.1, 0.15) is 31.7 Å². The third-order valence-electron chi connectivity index (χ3n) is 4.80. The van der Waals surface area contributed by atoms with Gasteiger partial charge in [0.05, 0.1) is 16.8 Å². The molecule has 0 aliphatic rings. The molecule has 0 bridgehead atoms. The van der Waals surface area contributed by atoms with Crippen molar-refractivity contribution in [2.24, 2.45) is 7.05 Å². The van der Waals surface area contributed by atoms with Gasteiger partial charge in [0.2, 0.25) is 10.0 Å². The molecule has 7 heteroatoms. The summed E-state index contributed by atoms with van der Waals surface area (Å²) in [4.78, 5) is 14.6. The molecule has 1 atom stereocenters. The van der Waals surface area contributed by atoms with E-state index in [1.807, 2.05) is 56.3 Å². The van der Waals surface area contributed by atoms with Crippen LogP contribution in [0, 0.1) is 0 Å². The molecular formula is C20H25N3O3S. The maximum atomic E-state index is 11.8. The first-order valence-corrected chi connectivity index (χ1v) is 10.7. The molecule has 0 saturated carbocycles. The van der Waals surface area contributed by atoms with Crippen LogP contribution in [0.4, 0.5) is 0 Å². The summed E-state index contributed by atoms with van der Waals surface area (Å²) in [6.45, 7) is 4.24. The summed E-state index contributed by atoms with van der Waals surface area (Å²) in [5.41, 5.74) is 4.70. The van der Waals surface area contributed by atoms with Crippen LogP contribution in [-0.2, 0) is 17.1 Å². The molecule has 1 aromatic heterocycles. The Morgan fingerprint density at radius 3 is 2.44 bits per heavy atom. The first-order valence-electron chi connectivity index (χ1n) is 9.07. The van der Waals surface area contributed by atoms with E-state index in [2.05, 4.69) is 9.71 Å². The number of nitrogens with zero attached hydrogens (tertiary/aromatic N) is 1. The van der Waals surface area contributed by atoms with Gasteiger partial charge in [-0.2, -0.15) is 0 Å². The third kappa shape index (κ3) is 4.31. The van der Waals surface area contributed by atoms with Crippen molar-refractivity contribution in [1.82, 2.24) is 14.3 Å². The average Bonchev–Trinajstić information content (AvgIpc) is 2.93. The summed E-state index contributed by atoms with van der Waals surface area (Å²) in [5.74, 6) is 0.238. The van der Waals surface area contributed by atoms with Gasteiger partial charge in [0.1, 0.15) is 0 Å². The normalized spacial score (nSPS) is 13.1. The van der Waals surface area contributed by atoms with E-state index in [0.717, 1.165) is 27.7 Å². The predicted octanol–water partition coefficient (Wildman–Crippen LogP) is 2.97. The van der Waals surface area contributed by atoms with Gasteiger partial charge in [-0.15, -0.1) is 0 Å². The van der Waals surface area contributed by atoms with Crippen LogP contribution in [0.15, 0.2) is 47.3 Å². The Morgan fingerprint density at radius 1 is 1.11 bits per heavy atom. The zero-order valence-electron chi connectivity index (χ0n) is 15.8. The number of H-pyrrole nitrogens is 1. The number of benzene rings is 2. The van der Waals surface area contributed by atoms with E-state index >= 15 is 0 Å². The topological polar surface area (TPSA) is 84.0 Å². The number of fused-ring (bicyclic) bond motifs is 1. The number of hydrogen-bond donors (Lipinski definition) is 2. The van der Waals surface area contributed by atoms with Crippen LogP contribution in [0.3, 0.4) is 0 Å². The number of nitrogens with one attached hydrogen (secondary N) is 2. The molecule has 27 heavy (non-hydrogen) atoms. The molecule has 2 N–H and O–H groups in total. The minimum atomic E-state index is -3.19. The van der Waals surface area contributed by atoms with Crippen LogP contribution in [0.25, 0.3) is 22.2 Å². The fourth-order valence-electron chi connectivity index (χ4n) is 3.12. The number of imidazole rings is 1. The van der Waals surface area contributed by atoms with Crippen molar-refractivity contribution in [2.45, 2.75) is 26.2 Å². The zero-order chi connectivity index (χ0) is 19.6. The van der Waals surface area contributed by atoms with Gasteiger partial charge in [0.15, 0.2) is 0 Å². The molecule has 0 fully saturated rings. The smallest absolute Gasteiger partial charge is 0.306 e. The SMILES string of the molecule is CCCS(=O)(=O)NCC(C)c1ccc(-c2ccc3[nH]c(=O)n(C)c3c2)cc1. The minimum Gasteiger partial charge on any atom is -0.306 e. The van der Waals surface area contributed by atoms with Crippen molar-refractivity contribution in [3.05, 3.63) is 58.5 Å². The molecule has 3 rings (SSSR count).